The zero-order valence-electron chi connectivity index (χ0n) is 12.4. The minimum atomic E-state index is -0.183. The molecule has 0 aromatic carbocycles. The molecule has 5 atom stereocenters. The lowest BCUT2D eigenvalue weighted by molar-refractivity contribution is -0.143. The Labute approximate surface area is 112 Å². The van der Waals surface area contributed by atoms with Crippen LogP contribution in [0.15, 0.2) is 0 Å². The van der Waals surface area contributed by atoms with Crippen molar-refractivity contribution in [1.82, 2.24) is 0 Å². The third-order valence-corrected chi connectivity index (χ3v) is 6.28. The fourth-order valence-electron chi connectivity index (χ4n) is 5.25. The van der Waals surface area contributed by atoms with Crippen LogP contribution in [-0.2, 0) is 0 Å². The van der Waals surface area contributed by atoms with Crippen molar-refractivity contribution in [3.8, 4) is 0 Å². The van der Waals surface area contributed by atoms with Gasteiger partial charge < -0.3 is 10.2 Å². The second-order valence-electron chi connectivity index (χ2n) is 7.68. The molecule has 106 valence electrons. The van der Waals surface area contributed by atoms with Crippen molar-refractivity contribution < 1.29 is 10.2 Å². The fraction of sp³-hybridized carbons (Fsp3) is 1.00. The maximum atomic E-state index is 10.4. The lowest BCUT2D eigenvalue weighted by Gasteiger charge is -2.60. The summed E-state index contributed by atoms with van der Waals surface area (Å²) in [4.78, 5) is 0. The van der Waals surface area contributed by atoms with Gasteiger partial charge in [-0.1, -0.05) is 34.1 Å². The SMILES string of the molecule is C[C@@H]1[C@@H](O)C[C@H]2C(C)(C)CCC[C@]2(C)[C@H]1CCO. The van der Waals surface area contributed by atoms with Crippen LogP contribution < -0.4 is 0 Å². The Hall–Kier alpha value is -0.0800. The molecule has 0 aromatic rings. The molecule has 2 aliphatic rings. The van der Waals surface area contributed by atoms with E-state index in [0.717, 1.165) is 12.8 Å². The van der Waals surface area contributed by atoms with Gasteiger partial charge in [0.25, 0.3) is 0 Å². The van der Waals surface area contributed by atoms with Crippen LogP contribution in [0.1, 0.15) is 59.8 Å². The quantitative estimate of drug-likeness (QED) is 0.794. The Kier molecular flexibility index (Phi) is 3.81. The molecule has 2 fully saturated rings. The Balaban J connectivity index is 2.33. The van der Waals surface area contributed by atoms with Gasteiger partial charge >= 0.3 is 0 Å². The summed E-state index contributed by atoms with van der Waals surface area (Å²) in [7, 11) is 0. The second kappa shape index (κ2) is 4.79. The summed E-state index contributed by atoms with van der Waals surface area (Å²) in [5.74, 6) is 1.39. The van der Waals surface area contributed by atoms with E-state index in [4.69, 9.17) is 0 Å². The fourth-order valence-corrected chi connectivity index (χ4v) is 5.25. The highest BCUT2D eigenvalue weighted by Gasteiger charge is 2.55. The average Bonchev–Trinajstić information content (AvgIpc) is 2.28. The molecule has 18 heavy (non-hydrogen) atoms. The summed E-state index contributed by atoms with van der Waals surface area (Å²) in [6.45, 7) is 9.58. The summed E-state index contributed by atoms with van der Waals surface area (Å²) in [5, 5.41) is 19.8. The van der Waals surface area contributed by atoms with Crippen LogP contribution in [0.4, 0.5) is 0 Å². The Morgan fingerprint density at radius 1 is 1.17 bits per heavy atom. The van der Waals surface area contributed by atoms with Gasteiger partial charge in [-0.15, -0.1) is 0 Å². The number of hydrogen-bond donors (Lipinski definition) is 2. The number of rotatable bonds is 2. The molecule has 0 amide bonds. The highest BCUT2D eigenvalue weighted by Crippen LogP contribution is 2.61. The Morgan fingerprint density at radius 3 is 2.44 bits per heavy atom. The maximum Gasteiger partial charge on any atom is 0.0571 e. The van der Waals surface area contributed by atoms with E-state index in [-0.39, 0.29) is 12.7 Å². The van der Waals surface area contributed by atoms with Crippen molar-refractivity contribution >= 4 is 0 Å². The van der Waals surface area contributed by atoms with E-state index < -0.39 is 0 Å². The van der Waals surface area contributed by atoms with E-state index >= 15 is 0 Å². The smallest absolute Gasteiger partial charge is 0.0571 e. The van der Waals surface area contributed by atoms with Gasteiger partial charge in [0, 0.05) is 6.61 Å². The number of aliphatic hydroxyl groups excluding tert-OH is 2. The lowest BCUT2D eigenvalue weighted by Crippen LogP contribution is -2.55. The first-order chi connectivity index (χ1) is 8.33. The molecule has 2 N–H and O–H groups in total. The van der Waals surface area contributed by atoms with Crippen LogP contribution in [0.5, 0.6) is 0 Å². The van der Waals surface area contributed by atoms with Gasteiger partial charge in [-0.25, -0.2) is 0 Å². The van der Waals surface area contributed by atoms with Gasteiger partial charge in [0.05, 0.1) is 6.10 Å². The zero-order valence-corrected chi connectivity index (χ0v) is 12.4. The van der Waals surface area contributed by atoms with Crippen LogP contribution >= 0.6 is 0 Å². The summed E-state index contributed by atoms with van der Waals surface area (Å²) in [5.41, 5.74) is 0.644. The Morgan fingerprint density at radius 2 is 1.83 bits per heavy atom. The first kappa shape index (κ1) is 14.3. The number of aliphatic hydroxyl groups is 2. The molecule has 0 aromatic heterocycles. The molecule has 2 rings (SSSR count). The first-order valence-corrected chi connectivity index (χ1v) is 7.62. The van der Waals surface area contributed by atoms with Crippen molar-refractivity contribution in [3.63, 3.8) is 0 Å². The van der Waals surface area contributed by atoms with E-state index in [1.54, 1.807) is 0 Å². The van der Waals surface area contributed by atoms with E-state index in [2.05, 4.69) is 27.7 Å². The summed E-state index contributed by atoms with van der Waals surface area (Å²) in [6.07, 6.45) is 5.46. The molecular formula is C16H30O2. The van der Waals surface area contributed by atoms with Gasteiger partial charge in [0.2, 0.25) is 0 Å². The molecule has 0 unspecified atom stereocenters. The largest absolute Gasteiger partial charge is 0.396 e. The molecule has 0 radical (unpaired) electrons. The second-order valence-corrected chi connectivity index (χ2v) is 7.68. The molecule has 0 heterocycles. The molecule has 0 saturated heterocycles. The topological polar surface area (TPSA) is 40.5 Å². The molecular weight excluding hydrogens is 224 g/mol. The normalized spacial score (nSPS) is 47.7. The summed E-state index contributed by atoms with van der Waals surface area (Å²) in [6, 6.07) is 0. The predicted molar refractivity (Wildman–Crippen MR) is 74.2 cm³/mol. The Bertz CT molecular complexity index is 299. The van der Waals surface area contributed by atoms with E-state index in [1.165, 1.54) is 19.3 Å². The third-order valence-electron chi connectivity index (χ3n) is 6.28. The van der Waals surface area contributed by atoms with Crippen molar-refractivity contribution in [2.24, 2.45) is 28.6 Å². The van der Waals surface area contributed by atoms with Gasteiger partial charge in [-0.05, 0) is 54.3 Å². The van der Waals surface area contributed by atoms with Gasteiger partial charge in [-0.3, -0.25) is 0 Å². The molecule has 0 spiro atoms. The highest BCUT2D eigenvalue weighted by molar-refractivity contribution is 5.04. The third kappa shape index (κ3) is 2.12. The van der Waals surface area contributed by atoms with Crippen LogP contribution in [0.25, 0.3) is 0 Å². The van der Waals surface area contributed by atoms with E-state index in [0.29, 0.717) is 28.6 Å². The van der Waals surface area contributed by atoms with Crippen LogP contribution in [0.3, 0.4) is 0 Å². The molecule has 2 nitrogen and oxygen atoms in total. The van der Waals surface area contributed by atoms with Crippen molar-refractivity contribution in [1.29, 1.82) is 0 Å². The van der Waals surface area contributed by atoms with Gasteiger partial charge in [0.15, 0.2) is 0 Å². The zero-order chi connectivity index (χ0) is 13.6. The van der Waals surface area contributed by atoms with Crippen molar-refractivity contribution in [3.05, 3.63) is 0 Å². The molecule has 0 aliphatic heterocycles. The highest BCUT2D eigenvalue weighted by atomic mass is 16.3. The van der Waals surface area contributed by atoms with Crippen LogP contribution in [0, 0.1) is 28.6 Å². The molecule has 0 bridgehead atoms. The van der Waals surface area contributed by atoms with Gasteiger partial charge in [0.1, 0.15) is 0 Å². The number of fused-ring (bicyclic) bond motifs is 1. The minimum Gasteiger partial charge on any atom is -0.396 e. The van der Waals surface area contributed by atoms with Crippen LogP contribution in [0.2, 0.25) is 0 Å². The van der Waals surface area contributed by atoms with Crippen molar-refractivity contribution in [2.75, 3.05) is 6.61 Å². The van der Waals surface area contributed by atoms with Gasteiger partial charge in [-0.2, -0.15) is 0 Å². The summed E-state index contributed by atoms with van der Waals surface area (Å²) < 4.78 is 0. The molecule has 2 heteroatoms. The minimum absolute atomic E-state index is 0.183. The first-order valence-electron chi connectivity index (χ1n) is 7.62. The van der Waals surface area contributed by atoms with E-state index in [9.17, 15) is 10.2 Å². The average molecular weight is 254 g/mol. The van der Waals surface area contributed by atoms with E-state index in [1.807, 2.05) is 0 Å². The standard InChI is InChI=1S/C16H30O2/c1-11-12(6-9-17)16(4)8-5-7-15(2,3)14(16)10-13(11)18/h11-14,17-18H,5-10H2,1-4H3/t11-,12-,13-,14-,16+/m0/s1. The van der Waals surface area contributed by atoms with Crippen LogP contribution in [-0.4, -0.2) is 22.9 Å². The molecule has 2 aliphatic carbocycles. The predicted octanol–water partition coefficient (Wildman–Crippen LogP) is 3.22. The lowest BCUT2D eigenvalue weighted by atomic mass is 9.45. The monoisotopic (exact) mass is 254 g/mol. The number of hydrogen-bond acceptors (Lipinski definition) is 2. The summed E-state index contributed by atoms with van der Waals surface area (Å²) >= 11 is 0. The maximum absolute atomic E-state index is 10.4. The molecule has 2 saturated carbocycles. The van der Waals surface area contributed by atoms with Crippen molar-refractivity contribution in [2.45, 2.75) is 65.9 Å².